The van der Waals surface area contributed by atoms with E-state index in [4.69, 9.17) is 18.9 Å². The highest BCUT2D eigenvalue weighted by molar-refractivity contribution is 6.03. The minimum Gasteiger partial charge on any atom is -0.489 e. The Morgan fingerprint density at radius 3 is 2.71 bits per heavy atom. The van der Waals surface area contributed by atoms with E-state index in [-0.39, 0.29) is 30.1 Å². The van der Waals surface area contributed by atoms with Gasteiger partial charge in [-0.3, -0.25) is 9.59 Å². The zero-order valence-electron chi connectivity index (χ0n) is 19.6. The number of carbonyl (C=O) groups excluding carboxylic acids is 2. The normalized spacial score (nSPS) is 27.1. The Kier molecular flexibility index (Phi) is 5.91. The van der Waals surface area contributed by atoms with Crippen molar-refractivity contribution < 1.29 is 28.5 Å². The van der Waals surface area contributed by atoms with Crippen molar-refractivity contribution in [2.24, 2.45) is 0 Å². The van der Waals surface area contributed by atoms with E-state index >= 15 is 0 Å². The van der Waals surface area contributed by atoms with Crippen molar-refractivity contribution in [2.45, 2.75) is 70.4 Å². The Morgan fingerprint density at radius 1 is 1.15 bits per heavy atom. The molecule has 0 unspecified atom stereocenters. The maximum Gasteiger partial charge on any atom is 0.302 e. The molecule has 1 amide bonds. The Balaban J connectivity index is 1.51. The van der Waals surface area contributed by atoms with Gasteiger partial charge in [-0.1, -0.05) is 36.4 Å². The molecule has 3 heterocycles. The Bertz CT molecular complexity index is 1110. The number of benzene rings is 2. The predicted molar refractivity (Wildman–Crippen MR) is 125 cm³/mol. The predicted octanol–water partition coefficient (Wildman–Crippen LogP) is 4.46. The molecule has 3 aliphatic rings. The average Bonchev–Trinajstić information content (AvgIpc) is 3.12. The van der Waals surface area contributed by atoms with Crippen LogP contribution in [0.4, 0.5) is 5.69 Å². The molecule has 0 spiro atoms. The summed E-state index contributed by atoms with van der Waals surface area (Å²) in [5, 5.41) is 0. The molecule has 7 nitrogen and oxygen atoms in total. The molecule has 0 N–H and O–H groups in total. The molecule has 0 aliphatic carbocycles. The smallest absolute Gasteiger partial charge is 0.302 e. The van der Waals surface area contributed by atoms with Gasteiger partial charge in [-0.25, -0.2) is 0 Å². The summed E-state index contributed by atoms with van der Waals surface area (Å²) in [5.74, 6) is -0.589. The van der Waals surface area contributed by atoms with Crippen LogP contribution in [0.5, 0.6) is 5.75 Å². The first kappa shape index (κ1) is 22.6. The second-order valence-electron chi connectivity index (χ2n) is 9.40. The van der Waals surface area contributed by atoms with Crippen molar-refractivity contribution in [2.75, 3.05) is 4.90 Å². The van der Waals surface area contributed by atoms with Crippen LogP contribution < -0.4 is 9.64 Å². The van der Waals surface area contributed by atoms with Crippen molar-refractivity contribution in [3.05, 3.63) is 71.8 Å². The van der Waals surface area contributed by atoms with Crippen LogP contribution in [0.3, 0.4) is 0 Å². The second-order valence-corrected chi connectivity index (χ2v) is 9.40. The molecule has 4 atom stereocenters. The summed E-state index contributed by atoms with van der Waals surface area (Å²) < 4.78 is 24.3. The molecule has 5 rings (SSSR count). The lowest BCUT2D eigenvalue weighted by molar-refractivity contribution is -0.152. The quantitative estimate of drug-likeness (QED) is 0.624. The molecule has 34 heavy (non-hydrogen) atoms. The zero-order chi connectivity index (χ0) is 23.9. The summed E-state index contributed by atoms with van der Waals surface area (Å²) in [6.45, 7) is 5.59. The summed E-state index contributed by atoms with van der Waals surface area (Å²) in [7, 11) is 0. The van der Waals surface area contributed by atoms with Crippen molar-refractivity contribution in [1.82, 2.24) is 0 Å². The standard InChI is InChI=1S/C27H29NO6/c1-17(29)32-20-10-7-11-24(30)28-22-13-12-19(31-16-18-8-5-4-6-9-18)14-21(22)25-26(23(28)15-20)34-27(2,3)33-25/h4-9,11-14,20,23,25-26H,10,15-16H2,1-3H3/t20-,23+,25+,26+/m1/s1. The number of nitrogens with zero attached hydrogens (tertiary/aromatic N) is 1. The van der Waals surface area contributed by atoms with Gasteiger partial charge in [0.25, 0.3) is 5.91 Å². The van der Waals surface area contributed by atoms with Crippen LogP contribution in [0.15, 0.2) is 60.7 Å². The topological polar surface area (TPSA) is 74.3 Å². The zero-order valence-corrected chi connectivity index (χ0v) is 19.6. The lowest BCUT2D eigenvalue weighted by atomic mass is 9.86. The highest BCUT2D eigenvalue weighted by atomic mass is 16.8. The first-order valence-electron chi connectivity index (χ1n) is 11.6. The average molecular weight is 464 g/mol. The summed E-state index contributed by atoms with van der Waals surface area (Å²) in [6.07, 6.45) is 3.13. The molecule has 2 aromatic rings. The van der Waals surface area contributed by atoms with Gasteiger partial charge in [-0.15, -0.1) is 0 Å². The van der Waals surface area contributed by atoms with E-state index in [1.165, 1.54) is 6.92 Å². The maximum absolute atomic E-state index is 13.2. The summed E-state index contributed by atoms with van der Waals surface area (Å²) >= 11 is 0. The molecule has 2 aromatic carbocycles. The van der Waals surface area contributed by atoms with E-state index in [2.05, 4.69) is 0 Å². The molecule has 7 heteroatoms. The Hall–Kier alpha value is -3.16. The van der Waals surface area contributed by atoms with Gasteiger partial charge in [0.15, 0.2) is 5.79 Å². The lowest BCUT2D eigenvalue weighted by Gasteiger charge is -2.43. The van der Waals surface area contributed by atoms with E-state index in [9.17, 15) is 9.59 Å². The minimum atomic E-state index is -0.818. The van der Waals surface area contributed by atoms with Crippen molar-refractivity contribution in [1.29, 1.82) is 0 Å². The van der Waals surface area contributed by atoms with Crippen LogP contribution in [0.2, 0.25) is 0 Å². The van der Waals surface area contributed by atoms with Crippen LogP contribution in [-0.2, 0) is 30.4 Å². The monoisotopic (exact) mass is 463 g/mol. The third-order valence-electron chi connectivity index (χ3n) is 6.39. The molecular weight excluding hydrogens is 434 g/mol. The van der Waals surface area contributed by atoms with Crippen LogP contribution in [0.1, 0.15) is 50.8 Å². The number of esters is 1. The molecule has 178 valence electrons. The summed E-state index contributed by atoms with van der Waals surface area (Å²) in [5.41, 5.74) is 2.68. The molecule has 0 saturated carbocycles. The molecule has 1 saturated heterocycles. The van der Waals surface area contributed by atoms with Crippen LogP contribution in [0.25, 0.3) is 0 Å². The lowest BCUT2D eigenvalue weighted by Crippen LogP contribution is -2.54. The molecule has 0 aromatic heterocycles. The van der Waals surface area contributed by atoms with Crippen molar-refractivity contribution in [3.8, 4) is 5.75 Å². The third kappa shape index (κ3) is 4.45. The first-order valence-corrected chi connectivity index (χ1v) is 11.6. The fraction of sp³-hybridized carbons (Fsp3) is 0.407. The third-order valence-corrected chi connectivity index (χ3v) is 6.39. The van der Waals surface area contributed by atoms with Gasteiger partial charge in [0.05, 0.1) is 11.7 Å². The highest BCUT2D eigenvalue weighted by Crippen LogP contribution is 2.50. The van der Waals surface area contributed by atoms with Crippen molar-refractivity contribution >= 4 is 17.6 Å². The Morgan fingerprint density at radius 2 is 1.94 bits per heavy atom. The van der Waals surface area contributed by atoms with Crippen LogP contribution in [-0.4, -0.2) is 35.9 Å². The van der Waals surface area contributed by atoms with E-state index < -0.39 is 11.9 Å². The molecule has 3 aliphatic heterocycles. The van der Waals surface area contributed by atoms with Crippen molar-refractivity contribution in [3.63, 3.8) is 0 Å². The number of amides is 1. The highest BCUT2D eigenvalue weighted by Gasteiger charge is 2.53. The Labute approximate surface area is 199 Å². The largest absolute Gasteiger partial charge is 0.489 e. The minimum absolute atomic E-state index is 0.128. The molecule has 0 radical (unpaired) electrons. The van der Waals surface area contributed by atoms with E-state index in [0.29, 0.717) is 25.2 Å². The summed E-state index contributed by atoms with van der Waals surface area (Å²) in [4.78, 5) is 26.7. The van der Waals surface area contributed by atoms with Gasteiger partial charge in [-0.2, -0.15) is 0 Å². The second kappa shape index (κ2) is 8.89. The molecular formula is C27H29NO6. The fourth-order valence-electron chi connectivity index (χ4n) is 5.07. The fourth-order valence-corrected chi connectivity index (χ4v) is 5.07. The van der Waals surface area contributed by atoms with Crippen LogP contribution >= 0.6 is 0 Å². The van der Waals surface area contributed by atoms with E-state index in [1.807, 2.05) is 62.4 Å². The number of anilines is 1. The van der Waals surface area contributed by atoms with Gasteiger partial charge in [0, 0.05) is 25.3 Å². The van der Waals surface area contributed by atoms with Crippen LogP contribution in [0, 0.1) is 0 Å². The number of ether oxygens (including phenoxy) is 4. The SMILES string of the molecule is CC(=O)O[C@@H]1CC=CC(=O)N2c3ccc(OCc4ccccc4)cc3[C@@H]3OC(C)(C)O[C@H]3[C@@H]2C1. The van der Waals surface area contributed by atoms with Gasteiger partial charge < -0.3 is 23.8 Å². The molecule has 1 fully saturated rings. The summed E-state index contributed by atoms with van der Waals surface area (Å²) in [6, 6.07) is 15.3. The van der Waals surface area contributed by atoms with Gasteiger partial charge in [0.2, 0.25) is 0 Å². The maximum atomic E-state index is 13.2. The molecule has 0 bridgehead atoms. The van der Waals surface area contributed by atoms with E-state index in [0.717, 1.165) is 16.8 Å². The number of hydrogen-bond acceptors (Lipinski definition) is 6. The number of carbonyl (C=O) groups is 2. The van der Waals surface area contributed by atoms with E-state index in [1.54, 1.807) is 17.1 Å². The van der Waals surface area contributed by atoms with Gasteiger partial charge in [-0.05, 0) is 43.7 Å². The van der Waals surface area contributed by atoms with Gasteiger partial charge in [0.1, 0.15) is 30.7 Å². The number of hydrogen-bond donors (Lipinski definition) is 0. The number of fused-ring (bicyclic) bond motifs is 6. The number of rotatable bonds is 4. The van der Waals surface area contributed by atoms with Gasteiger partial charge >= 0.3 is 5.97 Å². The first-order chi connectivity index (χ1) is 16.3.